The van der Waals surface area contributed by atoms with Crippen LogP contribution < -0.4 is 19.7 Å². The summed E-state index contributed by atoms with van der Waals surface area (Å²) in [6.45, 7) is 1.85. The zero-order valence-corrected chi connectivity index (χ0v) is 21.4. The second-order valence-corrected chi connectivity index (χ2v) is 10.8. The zero-order valence-electron chi connectivity index (χ0n) is 21.4. The first-order chi connectivity index (χ1) is 18.4. The summed E-state index contributed by atoms with van der Waals surface area (Å²) in [7, 11) is 0. The lowest BCUT2D eigenvalue weighted by Gasteiger charge is -2.35. The van der Waals surface area contributed by atoms with Crippen molar-refractivity contribution in [1.29, 1.82) is 0 Å². The van der Waals surface area contributed by atoms with Crippen LogP contribution in [0.3, 0.4) is 0 Å². The van der Waals surface area contributed by atoms with E-state index in [1.807, 2.05) is 18.2 Å². The highest BCUT2D eigenvalue weighted by Crippen LogP contribution is 2.37. The Kier molecular flexibility index (Phi) is 6.47. The number of ether oxygens (including phenoxy) is 2. The number of amides is 3. The number of nitrogens with one attached hydrogen (secondary N) is 1. The van der Waals surface area contributed by atoms with Crippen LogP contribution in [-0.4, -0.2) is 59.8 Å². The molecule has 9 nitrogen and oxygen atoms in total. The molecule has 1 saturated heterocycles. The van der Waals surface area contributed by atoms with Gasteiger partial charge in [0.2, 0.25) is 12.7 Å². The molecule has 9 heteroatoms. The third-order valence-electron chi connectivity index (χ3n) is 8.34. The largest absolute Gasteiger partial charge is 0.454 e. The van der Waals surface area contributed by atoms with Crippen molar-refractivity contribution in [2.45, 2.75) is 57.1 Å². The Morgan fingerprint density at radius 1 is 1.00 bits per heavy atom. The molecule has 3 heterocycles. The molecule has 0 unspecified atom stereocenters. The number of benzene rings is 2. The molecule has 0 atom stereocenters. The van der Waals surface area contributed by atoms with E-state index in [9.17, 15) is 19.5 Å². The molecular formula is C29H33N3O6. The quantitative estimate of drug-likeness (QED) is 0.564. The van der Waals surface area contributed by atoms with Crippen molar-refractivity contribution in [1.82, 2.24) is 10.2 Å². The lowest BCUT2D eigenvalue weighted by Crippen LogP contribution is -2.47. The Morgan fingerprint density at radius 3 is 2.55 bits per heavy atom. The number of rotatable bonds is 6. The van der Waals surface area contributed by atoms with E-state index in [-0.39, 0.29) is 37.0 Å². The molecular weight excluding hydrogens is 486 g/mol. The summed E-state index contributed by atoms with van der Waals surface area (Å²) in [5.41, 5.74) is 1.59. The summed E-state index contributed by atoms with van der Waals surface area (Å²) in [4.78, 5) is 42.9. The molecule has 2 fully saturated rings. The predicted octanol–water partition coefficient (Wildman–Crippen LogP) is 3.24. The predicted molar refractivity (Wildman–Crippen MR) is 139 cm³/mol. The van der Waals surface area contributed by atoms with Crippen LogP contribution >= 0.6 is 0 Å². The Balaban J connectivity index is 1.10. The third kappa shape index (κ3) is 4.60. The Hall–Kier alpha value is -3.59. The van der Waals surface area contributed by atoms with E-state index in [0.29, 0.717) is 55.1 Å². The molecule has 1 aliphatic carbocycles. The standard InChI is InChI=1S/C29H33N3O6/c33-26(30-17-29(36)11-2-1-3-12-29)20-9-13-31(14-10-20)22-6-4-5-21-25(22)28(35)32(27(21)34)16-19-7-8-23-24(15-19)38-18-37-23/h4-8,15,20,36H,1-3,9-14,16-18H2,(H,30,33). The smallest absolute Gasteiger partial charge is 0.263 e. The minimum atomic E-state index is -0.779. The van der Waals surface area contributed by atoms with Crippen molar-refractivity contribution >= 4 is 23.4 Å². The number of nitrogens with zero attached hydrogens (tertiary/aromatic N) is 2. The first-order valence-electron chi connectivity index (χ1n) is 13.5. The summed E-state index contributed by atoms with van der Waals surface area (Å²) in [6, 6.07) is 10.8. The highest BCUT2D eigenvalue weighted by Gasteiger charge is 2.39. The molecule has 6 rings (SSSR count). The SMILES string of the molecule is O=C(NCC1(O)CCCCC1)C1CCN(c2cccc3c2C(=O)N(Cc2ccc4c(c2)OCO4)C3=O)CC1. The van der Waals surface area contributed by atoms with Crippen LogP contribution in [-0.2, 0) is 11.3 Å². The molecule has 38 heavy (non-hydrogen) atoms. The van der Waals surface area contributed by atoms with Gasteiger partial charge in [-0.25, -0.2) is 0 Å². The second-order valence-electron chi connectivity index (χ2n) is 10.8. The van der Waals surface area contributed by atoms with Gasteiger partial charge in [0.15, 0.2) is 11.5 Å². The highest BCUT2D eigenvalue weighted by atomic mass is 16.7. The summed E-state index contributed by atoms with van der Waals surface area (Å²) < 4.78 is 10.8. The topological polar surface area (TPSA) is 108 Å². The Labute approximate surface area is 221 Å². The number of hydrogen-bond acceptors (Lipinski definition) is 7. The summed E-state index contributed by atoms with van der Waals surface area (Å²) in [5, 5.41) is 13.7. The van der Waals surface area contributed by atoms with Crippen molar-refractivity contribution in [3.63, 3.8) is 0 Å². The molecule has 2 aromatic carbocycles. The lowest BCUT2D eigenvalue weighted by molar-refractivity contribution is -0.127. The first-order valence-corrected chi connectivity index (χ1v) is 13.5. The van der Waals surface area contributed by atoms with Gasteiger partial charge in [0.1, 0.15) is 0 Å². The van der Waals surface area contributed by atoms with E-state index in [0.717, 1.165) is 43.4 Å². The van der Waals surface area contributed by atoms with Crippen LogP contribution in [0.25, 0.3) is 0 Å². The molecule has 3 aliphatic heterocycles. The van der Waals surface area contributed by atoms with Gasteiger partial charge in [0.25, 0.3) is 11.8 Å². The summed E-state index contributed by atoms with van der Waals surface area (Å²) in [5.74, 6) is 0.511. The molecule has 2 N–H and O–H groups in total. The number of aliphatic hydroxyl groups is 1. The number of piperidine rings is 1. The molecule has 200 valence electrons. The first kappa shape index (κ1) is 24.7. The van der Waals surface area contributed by atoms with Crippen molar-refractivity contribution in [3.8, 4) is 11.5 Å². The number of imide groups is 1. The fourth-order valence-corrected chi connectivity index (χ4v) is 6.11. The van der Waals surface area contributed by atoms with E-state index in [1.54, 1.807) is 18.2 Å². The normalized spacial score (nSPS) is 20.6. The van der Waals surface area contributed by atoms with Gasteiger partial charge in [0.05, 0.1) is 29.0 Å². The average Bonchev–Trinajstić information content (AvgIpc) is 3.51. The fourth-order valence-electron chi connectivity index (χ4n) is 6.11. The van der Waals surface area contributed by atoms with E-state index in [2.05, 4.69) is 10.2 Å². The van der Waals surface area contributed by atoms with Crippen LogP contribution in [0.15, 0.2) is 36.4 Å². The van der Waals surface area contributed by atoms with Crippen molar-refractivity contribution in [2.75, 3.05) is 31.3 Å². The monoisotopic (exact) mass is 519 g/mol. The van der Waals surface area contributed by atoms with Gasteiger partial charge in [0, 0.05) is 25.6 Å². The third-order valence-corrected chi connectivity index (χ3v) is 8.34. The number of carbonyl (C=O) groups is 3. The van der Waals surface area contributed by atoms with Gasteiger partial charge in [-0.15, -0.1) is 0 Å². The molecule has 2 aromatic rings. The van der Waals surface area contributed by atoms with E-state index >= 15 is 0 Å². The van der Waals surface area contributed by atoms with Gasteiger partial charge in [-0.3, -0.25) is 19.3 Å². The number of carbonyl (C=O) groups excluding carboxylic acids is 3. The van der Waals surface area contributed by atoms with E-state index in [4.69, 9.17) is 9.47 Å². The van der Waals surface area contributed by atoms with Crippen molar-refractivity contribution in [2.24, 2.45) is 5.92 Å². The summed E-state index contributed by atoms with van der Waals surface area (Å²) >= 11 is 0. The summed E-state index contributed by atoms with van der Waals surface area (Å²) in [6.07, 6.45) is 5.92. The van der Waals surface area contributed by atoms with Gasteiger partial charge < -0.3 is 24.8 Å². The molecule has 0 bridgehead atoms. The van der Waals surface area contributed by atoms with Crippen molar-refractivity contribution in [3.05, 3.63) is 53.1 Å². The van der Waals surface area contributed by atoms with E-state index < -0.39 is 5.60 Å². The van der Waals surface area contributed by atoms with Crippen LogP contribution in [0.4, 0.5) is 5.69 Å². The zero-order chi connectivity index (χ0) is 26.3. The maximum Gasteiger partial charge on any atom is 0.263 e. The molecule has 3 amide bonds. The van der Waals surface area contributed by atoms with Crippen LogP contribution in [0.5, 0.6) is 11.5 Å². The molecule has 0 radical (unpaired) electrons. The average molecular weight is 520 g/mol. The minimum Gasteiger partial charge on any atom is -0.454 e. The van der Waals surface area contributed by atoms with Gasteiger partial charge >= 0.3 is 0 Å². The van der Waals surface area contributed by atoms with Crippen LogP contribution in [0, 0.1) is 5.92 Å². The molecule has 4 aliphatic rings. The number of anilines is 1. The van der Waals surface area contributed by atoms with Crippen LogP contribution in [0.1, 0.15) is 71.2 Å². The molecule has 0 spiro atoms. The van der Waals surface area contributed by atoms with Gasteiger partial charge in [-0.05, 0) is 55.5 Å². The van der Waals surface area contributed by atoms with Crippen LogP contribution in [0.2, 0.25) is 0 Å². The van der Waals surface area contributed by atoms with Crippen molar-refractivity contribution < 1.29 is 29.0 Å². The fraction of sp³-hybridized carbons (Fsp3) is 0.483. The molecule has 1 saturated carbocycles. The lowest BCUT2D eigenvalue weighted by atomic mass is 9.84. The number of hydrogen-bond donors (Lipinski definition) is 2. The van der Waals surface area contributed by atoms with Gasteiger partial charge in [-0.1, -0.05) is 31.4 Å². The Morgan fingerprint density at radius 2 is 1.76 bits per heavy atom. The maximum atomic E-state index is 13.5. The minimum absolute atomic E-state index is 0.0110. The second kappa shape index (κ2) is 9.94. The highest BCUT2D eigenvalue weighted by molar-refractivity contribution is 6.23. The van der Waals surface area contributed by atoms with Gasteiger partial charge in [-0.2, -0.15) is 0 Å². The van der Waals surface area contributed by atoms with E-state index in [1.165, 1.54) is 4.90 Å². The molecule has 0 aromatic heterocycles. The maximum absolute atomic E-state index is 13.5. The number of fused-ring (bicyclic) bond motifs is 2. The Bertz CT molecular complexity index is 1260.